The molecule has 0 bridgehead atoms. The van der Waals surface area contributed by atoms with Crippen molar-refractivity contribution in [3.05, 3.63) is 34.2 Å². The number of rotatable bonds is 1. The number of fused-ring (bicyclic) bond motifs is 1. The zero-order valence-electron chi connectivity index (χ0n) is 9.03. The molecule has 5 heteroatoms. The highest BCUT2D eigenvalue weighted by atomic mass is 35.5. The van der Waals surface area contributed by atoms with Gasteiger partial charge in [-0.1, -0.05) is 17.7 Å². The van der Waals surface area contributed by atoms with Gasteiger partial charge in [0.2, 0.25) is 0 Å². The summed E-state index contributed by atoms with van der Waals surface area (Å²) in [4.78, 5) is 5.62. The molecule has 2 aromatic heterocycles. The smallest absolute Gasteiger partial charge is 0.136 e. The average molecular weight is 281 g/mol. The summed E-state index contributed by atoms with van der Waals surface area (Å²) < 4.78 is 1.02. The van der Waals surface area contributed by atoms with Crippen molar-refractivity contribution in [2.75, 3.05) is 5.73 Å². The summed E-state index contributed by atoms with van der Waals surface area (Å²) in [5, 5.41) is 3.75. The number of nitrogens with two attached hydrogens (primary N) is 1. The second kappa shape index (κ2) is 3.98. The Bertz CT molecular complexity index is 700. The molecule has 86 valence electrons. The molecule has 17 heavy (non-hydrogen) atoms. The van der Waals surface area contributed by atoms with Crippen LogP contribution in [0.2, 0.25) is 5.02 Å². The molecule has 0 aliphatic heterocycles. The van der Waals surface area contributed by atoms with Crippen LogP contribution in [0.1, 0.15) is 5.56 Å². The molecule has 3 rings (SSSR count). The van der Waals surface area contributed by atoms with Gasteiger partial charge >= 0.3 is 0 Å². The van der Waals surface area contributed by atoms with Crippen LogP contribution in [0.5, 0.6) is 0 Å². The Hall–Kier alpha value is -1.10. The quantitative estimate of drug-likeness (QED) is 0.709. The number of nitrogen functional groups attached to an aromatic ring is 1. The van der Waals surface area contributed by atoms with Gasteiger partial charge in [-0.3, -0.25) is 0 Å². The fraction of sp³-hybridized carbons (Fsp3) is 0.0833. The molecule has 3 aromatic rings. The molecule has 0 atom stereocenters. The Kier molecular flexibility index (Phi) is 2.58. The summed E-state index contributed by atoms with van der Waals surface area (Å²) in [6.07, 6.45) is 0. The van der Waals surface area contributed by atoms with Crippen LogP contribution in [0.3, 0.4) is 0 Å². The number of nitrogens with zero attached hydrogens (tertiary/aromatic N) is 1. The van der Waals surface area contributed by atoms with E-state index in [9.17, 15) is 0 Å². The molecule has 0 amide bonds. The van der Waals surface area contributed by atoms with Crippen LogP contribution in [-0.2, 0) is 0 Å². The minimum Gasteiger partial charge on any atom is -0.397 e. The summed E-state index contributed by atoms with van der Waals surface area (Å²) in [6, 6.07) is 5.77. The van der Waals surface area contributed by atoms with E-state index < -0.39 is 0 Å². The van der Waals surface area contributed by atoms with Crippen molar-refractivity contribution in [3.8, 4) is 9.88 Å². The second-order valence-electron chi connectivity index (χ2n) is 3.77. The number of hydrogen-bond acceptors (Lipinski definition) is 4. The summed E-state index contributed by atoms with van der Waals surface area (Å²) in [7, 11) is 0. The maximum Gasteiger partial charge on any atom is 0.136 e. The standard InChI is InChI=1S/C12H9ClN2S2/c1-6-5-16-11(9(6)14)12-15-8-4-2-3-7(13)10(8)17-12/h2-5H,14H2,1H3. The fourth-order valence-electron chi connectivity index (χ4n) is 1.63. The Balaban J connectivity index is 2.25. The molecule has 0 aliphatic carbocycles. The maximum atomic E-state index is 6.15. The predicted octanol–water partition coefficient (Wildman–Crippen LogP) is 4.57. The van der Waals surface area contributed by atoms with Crippen molar-refractivity contribution >= 4 is 50.2 Å². The van der Waals surface area contributed by atoms with Gasteiger partial charge in [0.15, 0.2) is 0 Å². The Labute approximate surface area is 112 Å². The van der Waals surface area contributed by atoms with E-state index in [4.69, 9.17) is 17.3 Å². The third kappa shape index (κ3) is 1.73. The fourth-order valence-corrected chi connectivity index (χ4v) is 3.97. The van der Waals surface area contributed by atoms with Crippen LogP contribution < -0.4 is 5.73 Å². The number of thiazole rings is 1. The third-order valence-electron chi connectivity index (χ3n) is 2.58. The van der Waals surface area contributed by atoms with Gasteiger partial charge in [0.25, 0.3) is 0 Å². The zero-order chi connectivity index (χ0) is 12.0. The SMILES string of the molecule is Cc1csc(-c2nc3cccc(Cl)c3s2)c1N. The van der Waals surface area contributed by atoms with Crippen LogP contribution in [-0.4, -0.2) is 4.98 Å². The third-order valence-corrected chi connectivity index (χ3v) is 5.38. The number of hydrogen-bond donors (Lipinski definition) is 1. The van der Waals surface area contributed by atoms with Crippen molar-refractivity contribution in [1.29, 1.82) is 0 Å². The molecule has 0 saturated heterocycles. The number of aryl methyl sites for hydroxylation is 1. The molecule has 0 fully saturated rings. The normalized spacial score (nSPS) is 11.2. The number of halogens is 1. The molecule has 0 saturated carbocycles. The summed E-state index contributed by atoms with van der Waals surface area (Å²) >= 11 is 9.37. The van der Waals surface area contributed by atoms with E-state index in [1.165, 1.54) is 0 Å². The van der Waals surface area contributed by atoms with Gasteiger partial charge in [0.05, 0.1) is 25.8 Å². The predicted molar refractivity (Wildman–Crippen MR) is 77.1 cm³/mol. The van der Waals surface area contributed by atoms with Gasteiger partial charge in [-0.15, -0.1) is 22.7 Å². The number of anilines is 1. The van der Waals surface area contributed by atoms with Crippen LogP contribution in [0.15, 0.2) is 23.6 Å². The second-order valence-corrected chi connectivity index (χ2v) is 6.05. The lowest BCUT2D eigenvalue weighted by Crippen LogP contribution is -1.86. The highest BCUT2D eigenvalue weighted by molar-refractivity contribution is 7.25. The number of thiophene rings is 1. The van der Waals surface area contributed by atoms with Gasteiger partial charge in [-0.25, -0.2) is 4.98 Å². The van der Waals surface area contributed by atoms with Gasteiger partial charge in [-0.05, 0) is 30.0 Å². The highest BCUT2D eigenvalue weighted by Gasteiger charge is 2.13. The van der Waals surface area contributed by atoms with E-state index in [1.807, 2.05) is 25.1 Å². The summed E-state index contributed by atoms with van der Waals surface area (Å²) in [5.41, 5.74) is 8.90. The highest BCUT2D eigenvalue weighted by Crippen LogP contribution is 2.40. The van der Waals surface area contributed by atoms with Crippen LogP contribution in [0, 0.1) is 6.92 Å². The van der Waals surface area contributed by atoms with Crippen molar-refractivity contribution in [2.45, 2.75) is 6.92 Å². The Morgan fingerprint density at radius 3 is 2.82 bits per heavy atom. The Morgan fingerprint density at radius 2 is 2.18 bits per heavy atom. The molecule has 0 unspecified atom stereocenters. The molecule has 2 N–H and O–H groups in total. The minimum absolute atomic E-state index is 0.748. The first kappa shape index (κ1) is 11.0. The number of benzene rings is 1. The molecular weight excluding hydrogens is 272 g/mol. The van der Waals surface area contributed by atoms with Crippen LogP contribution >= 0.6 is 34.3 Å². The monoisotopic (exact) mass is 280 g/mol. The molecule has 0 aliphatic rings. The van der Waals surface area contributed by atoms with E-state index in [1.54, 1.807) is 22.7 Å². The van der Waals surface area contributed by atoms with Crippen molar-refractivity contribution in [1.82, 2.24) is 4.98 Å². The van der Waals surface area contributed by atoms with Gasteiger partial charge in [0.1, 0.15) is 5.01 Å². The lowest BCUT2D eigenvalue weighted by molar-refractivity contribution is 1.49. The first-order valence-corrected chi connectivity index (χ1v) is 7.13. The van der Waals surface area contributed by atoms with Gasteiger partial charge in [0, 0.05) is 0 Å². The Morgan fingerprint density at radius 1 is 1.35 bits per heavy atom. The van der Waals surface area contributed by atoms with E-state index in [2.05, 4.69) is 10.4 Å². The average Bonchev–Trinajstić information content (AvgIpc) is 2.85. The van der Waals surface area contributed by atoms with Crippen LogP contribution in [0.4, 0.5) is 5.69 Å². The maximum absolute atomic E-state index is 6.15. The summed E-state index contributed by atoms with van der Waals surface area (Å²) in [5.74, 6) is 0. The topological polar surface area (TPSA) is 38.9 Å². The van der Waals surface area contributed by atoms with E-state index in [0.29, 0.717) is 0 Å². The minimum atomic E-state index is 0.748. The molecule has 1 aromatic carbocycles. The lowest BCUT2D eigenvalue weighted by Gasteiger charge is -1.93. The van der Waals surface area contributed by atoms with Crippen molar-refractivity contribution < 1.29 is 0 Å². The van der Waals surface area contributed by atoms with E-state index >= 15 is 0 Å². The van der Waals surface area contributed by atoms with E-state index in [0.717, 1.165) is 36.4 Å². The van der Waals surface area contributed by atoms with Crippen molar-refractivity contribution in [2.24, 2.45) is 0 Å². The van der Waals surface area contributed by atoms with E-state index in [-0.39, 0.29) is 0 Å². The van der Waals surface area contributed by atoms with Gasteiger partial charge < -0.3 is 5.73 Å². The molecular formula is C12H9ClN2S2. The zero-order valence-corrected chi connectivity index (χ0v) is 11.4. The first-order chi connectivity index (χ1) is 8.16. The van der Waals surface area contributed by atoms with Crippen LogP contribution in [0.25, 0.3) is 20.1 Å². The molecule has 0 radical (unpaired) electrons. The molecule has 0 spiro atoms. The van der Waals surface area contributed by atoms with Gasteiger partial charge in [-0.2, -0.15) is 0 Å². The lowest BCUT2D eigenvalue weighted by atomic mass is 10.3. The summed E-state index contributed by atoms with van der Waals surface area (Å²) in [6.45, 7) is 2.01. The number of aromatic nitrogens is 1. The molecule has 2 nitrogen and oxygen atoms in total. The van der Waals surface area contributed by atoms with Crippen molar-refractivity contribution in [3.63, 3.8) is 0 Å². The molecule has 2 heterocycles. The first-order valence-electron chi connectivity index (χ1n) is 5.06. The largest absolute Gasteiger partial charge is 0.397 e.